The molecular weight excluding hydrogens is 422 g/mol. The van der Waals surface area contributed by atoms with Gasteiger partial charge in [0.1, 0.15) is 12.8 Å². The van der Waals surface area contributed by atoms with Crippen molar-refractivity contribution in [2.75, 3.05) is 19.6 Å². The summed E-state index contributed by atoms with van der Waals surface area (Å²) in [4.78, 5) is 26.1. The highest BCUT2D eigenvalue weighted by Gasteiger charge is 2.56. The Hall–Kier alpha value is -2.71. The number of hydrogen-bond acceptors (Lipinski definition) is 6. The predicted molar refractivity (Wildman–Crippen MR) is 118 cm³/mol. The van der Waals surface area contributed by atoms with Gasteiger partial charge in [-0.15, -0.1) is 0 Å². The zero-order valence-corrected chi connectivity index (χ0v) is 18.8. The highest BCUT2D eigenvalue weighted by molar-refractivity contribution is 5.82. The first-order valence-corrected chi connectivity index (χ1v) is 12.0. The van der Waals surface area contributed by atoms with Gasteiger partial charge in [-0.2, -0.15) is 0 Å². The molecule has 4 heterocycles. The van der Waals surface area contributed by atoms with Crippen LogP contribution in [0.1, 0.15) is 55.8 Å². The van der Waals surface area contributed by atoms with Gasteiger partial charge >= 0.3 is 5.97 Å². The average molecular weight is 455 g/mol. The van der Waals surface area contributed by atoms with Crippen molar-refractivity contribution >= 4 is 11.9 Å². The Morgan fingerprint density at radius 1 is 1.12 bits per heavy atom. The maximum Gasteiger partial charge on any atom is 0.343 e. The lowest BCUT2D eigenvalue weighted by Gasteiger charge is -2.54. The van der Waals surface area contributed by atoms with Gasteiger partial charge in [-0.05, 0) is 18.4 Å². The molecule has 33 heavy (non-hydrogen) atoms. The number of nitrogens with two attached hydrogens (primary N) is 1. The molecule has 1 saturated carbocycles. The fourth-order valence-corrected chi connectivity index (χ4v) is 6.50. The Morgan fingerprint density at radius 3 is 2.42 bits per heavy atom. The van der Waals surface area contributed by atoms with Crippen LogP contribution in [0.5, 0.6) is 0 Å². The summed E-state index contributed by atoms with van der Waals surface area (Å²) < 4.78 is 11.5. The number of nitrogens with zero attached hydrogens (tertiary/aromatic N) is 2. The van der Waals surface area contributed by atoms with Gasteiger partial charge in [0.05, 0.1) is 13.1 Å². The predicted octanol–water partition coefficient (Wildman–Crippen LogP) is 2.43. The molecule has 3 atom stereocenters. The second-order valence-corrected chi connectivity index (χ2v) is 9.97. The minimum Gasteiger partial charge on any atom is -0.454 e. The fraction of sp³-hybridized carbons (Fsp3) is 0.560. The van der Waals surface area contributed by atoms with E-state index in [9.17, 15) is 14.7 Å². The minimum atomic E-state index is -1.66. The molecule has 1 amide bonds. The Labute approximate surface area is 193 Å². The first kappa shape index (κ1) is 22.1. The van der Waals surface area contributed by atoms with E-state index < -0.39 is 23.5 Å². The maximum atomic E-state index is 13.6. The number of benzene rings is 1. The number of quaternary nitrogens is 1. The van der Waals surface area contributed by atoms with E-state index in [4.69, 9.17) is 15.0 Å². The van der Waals surface area contributed by atoms with Gasteiger partial charge in [0.25, 0.3) is 5.91 Å². The number of carbonyl (C=O) groups is 2. The molecule has 4 fully saturated rings. The average Bonchev–Trinajstić information content (AvgIpc) is 3.54. The third kappa shape index (κ3) is 3.75. The van der Waals surface area contributed by atoms with Crippen LogP contribution < -0.4 is 5.73 Å². The molecule has 3 saturated heterocycles. The molecule has 8 heteroatoms. The summed E-state index contributed by atoms with van der Waals surface area (Å²) in [5.74, 6) is -0.982. The van der Waals surface area contributed by atoms with Crippen LogP contribution in [0.25, 0.3) is 0 Å². The number of piperidine rings is 3. The lowest BCUT2D eigenvalue weighted by Crippen LogP contribution is -2.67. The number of ether oxygens (including phenoxy) is 1. The Balaban J connectivity index is 1.42. The van der Waals surface area contributed by atoms with E-state index in [1.165, 1.54) is 6.26 Å². The normalized spacial score (nSPS) is 30.0. The molecule has 176 valence electrons. The van der Waals surface area contributed by atoms with Crippen molar-refractivity contribution in [3.05, 3.63) is 53.9 Å². The summed E-state index contributed by atoms with van der Waals surface area (Å²) in [7, 11) is 0. The zero-order chi connectivity index (χ0) is 23.1. The number of esters is 1. The highest BCUT2D eigenvalue weighted by atomic mass is 16.6. The number of fused-ring (bicyclic) bond motifs is 3. The molecule has 1 aromatic carbocycles. The van der Waals surface area contributed by atoms with E-state index in [0.717, 1.165) is 51.6 Å². The van der Waals surface area contributed by atoms with Gasteiger partial charge in [0.2, 0.25) is 6.04 Å². The second kappa shape index (κ2) is 8.57. The SMILES string of the molecule is NC(=O)C(c1ccon1)[N+]12CCC(CC1)[C@H](OC(=O)[C@](O)(c1ccccc1)C1CCCC1)C2. The van der Waals surface area contributed by atoms with Gasteiger partial charge in [0, 0.05) is 30.7 Å². The van der Waals surface area contributed by atoms with E-state index in [2.05, 4.69) is 5.16 Å². The van der Waals surface area contributed by atoms with Crippen molar-refractivity contribution in [1.29, 1.82) is 0 Å². The van der Waals surface area contributed by atoms with Gasteiger partial charge < -0.3 is 24.6 Å². The zero-order valence-electron chi connectivity index (χ0n) is 18.8. The number of rotatable bonds is 7. The summed E-state index contributed by atoms with van der Waals surface area (Å²) in [5.41, 5.74) is 5.27. The van der Waals surface area contributed by atoms with Gasteiger partial charge in [-0.3, -0.25) is 4.79 Å². The topological polar surface area (TPSA) is 116 Å². The Kier molecular flexibility index (Phi) is 5.74. The van der Waals surface area contributed by atoms with Crippen molar-refractivity contribution in [3.63, 3.8) is 0 Å². The first-order valence-electron chi connectivity index (χ1n) is 12.0. The van der Waals surface area contributed by atoms with Crippen molar-refractivity contribution < 1.29 is 28.4 Å². The summed E-state index contributed by atoms with van der Waals surface area (Å²) in [6.45, 7) is 2.02. The minimum absolute atomic E-state index is 0.162. The fourth-order valence-electron chi connectivity index (χ4n) is 6.50. The highest BCUT2D eigenvalue weighted by Crippen LogP contribution is 2.45. The number of amides is 1. The molecule has 1 aromatic heterocycles. The number of hydrogen-bond donors (Lipinski definition) is 2. The third-order valence-corrected chi connectivity index (χ3v) is 8.24. The molecule has 1 aliphatic carbocycles. The van der Waals surface area contributed by atoms with E-state index in [1.54, 1.807) is 18.2 Å². The van der Waals surface area contributed by atoms with E-state index in [1.807, 2.05) is 18.2 Å². The van der Waals surface area contributed by atoms with E-state index in [-0.39, 0.29) is 17.9 Å². The molecule has 2 aromatic rings. The van der Waals surface area contributed by atoms with Crippen molar-refractivity contribution in [1.82, 2.24) is 5.16 Å². The van der Waals surface area contributed by atoms with Crippen LogP contribution in [-0.4, -0.2) is 52.4 Å². The van der Waals surface area contributed by atoms with Crippen LogP contribution >= 0.6 is 0 Å². The van der Waals surface area contributed by atoms with Crippen molar-refractivity contribution in [2.24, 2.45) is 17.6 Å². The van der Waals surface area contributed by atoms with Crippen LogP contribution in [0, 0.1) is 11.8 Å². The van der Waals surface area contributed by atoms with E-state index >= 15 is 0 Å². The molecule has 0 radical (unpaired) electrons. The standard InChI is InChI=1S/C25H31N3O5/c26-23(29)22(20-12-15-32-27-20)28-13-10-17(11-14-28)21(16-28)33-24(30)25(31,19-8-4-5-9-19)18-6-2-1-3-7-18/h1-3,6-7,12,15,17,19,21-22,31H,4-5,8-11,13-14,16H2,(H-,26,29)/p+1/t17?,21-,22?,25+,28?/m1/s1. The quantitative estimate of drug-likeness (QED) is 0.490. The Morgan fingerprint density at radius 2 is 1.82 bits per heavy atom. The van der Waals surface area contributed by atoms with Crippen LogP contribution in [-0.2, 0) is 19.9 Å². The lowest BCUT2D eigenvalue weighted by molar-refractivity contribution is -0.965. The third-order valence-electron chi connectivity index (χ3n) is 8.24. The molecule has 3 aliphatic heterocycles. The molecule has 8 nitrogen and oxygen atoms in total. The molecule has 6 rings (SSSR count). The molecule has 4 aliphatic rings. The van der Waals surface area contributed by atoms with Gasteiger partial charge in [-0.25, -0.2) is 4.79 Å². The summed E-state index contributed by atoms with van der Waals surface area (Å²) >= 11 is 0. The smallest absolute Gasteiger partial charge is 0.343 e. The van der Waals surface area contributed by atoms with Gasteiger partial charge in [-0.1, -0.05) is 48.3 Å². The van der Waals surface area contributed by atoms with Crippen LogP contribution in [0.4, 0.5) is 0 Å². The first-order chi connectivity index (χ1) is 15.9. The Bertz CT molecular complexity index is 981. The molecule has 0 spiro atoms. The van der Waals surface area contributed by atoms with Crippen molar-refractivity contribution in [2.45, 2.75) is 56.3 Å². The molecular formula is C25H32N3O5+. The summed E-state index contributed by atoms with van der Waals surface area (Å²) in [5, 5.41) is 15.8. The monoisotopic (exact) mass is 454 g/mol. The van der Waals surface area contributed by atoms with Crippen LogP contribution in [0.15, 0.2) is 47.2 Å². The van der Waals surface area contributed by atoms with Crippen LogP contribution in [0.3, 0.4) is 0 Å². The molecule has 3 N–H and O–H groups in total. The number of carbonyl (C=O) groups excluding carboxylic acids is 2. The second-order valence-electron chi connectivity index (χ2n) is 9.97. The van der Waals surface area contributed by atoms with Crippen molar-refractivity contribution in [3.8, 4) is 0 Å². The summed E-state index contributed by atoms with van der Waals surface area (Å²) in [6, 6.07) is 10.2. The van der Waals surface area contributed by atoms with Crippen LogP contribution in [0.2, 0.25) is 0 Å². The molecule has 1 unspecified atom stereocenters. The largest absolute Gasteiger partial charge is 0.454 e. The number of aromatic nitrogens is 1. The maximum absolute atomic E-state index is 13.6. The number of aliphatic hydroxyl groups is 1. The molecule has 2 bridgehead atoms. The summed E-state index contributed by atoms with van der Waals surface area (Å²) in [6.07, 6.45) is 6.30. The van der Waals surface area contributed by atoms with E-state index in [0.29, 0.717) is 22.3 Å². The number of primary amides is 1. The lowest BCUT2D eigenvalue weighted by atomic mass is 9.79. The van der Waals surface area contributed by atoms with Gasteiger partial charge in [0.15, 0.2) is 17.4 Å².